The summed E-state index contributed by atoms with van der Waals surface area (Å²) in [6.07, 6.45) is 0. The number of carbonyl (C=O) groups is 1. The lowest BCUT2D eigenvalue weighted by atomic mass is 9.93. The molecule has 1 unspecified atom stereocenters. The molecule has 2 aromatic rings. The molecule has 1 heterocycles. The van der Waals surface area contributed by atoms with E-state index in [2.05, 4.69) is 5.32 Å². The van der Waals surface area contributed by atoms with E-state index in [1.807, 2.05) is 36.1 Å². The van der Waals surface area contributed by atoms with Crippen LogP contribution in [0.3, 0.4) is 0 Å². The Morgan fingerprint density at radius 3 is 2.29 bits per heavy atom. The Morgan fingerprint density at radius 2 is 1.75 bits per heavy atom. The fourth-order valence-electron chi connectivity index (χ4n) is 3.21. The van der Waals surface area contributed by atoms with Gasteiger partial charge in [-0.3, -0.25) is 9.69 Å². The molecular formula is C21H22FN3O2S. The topological polar surface area (TPSA) is 44.8 Å². The van der Waals surface area contributed by atoms with Crippen molar-refractivity contribution < 1.29 is 13.9 Å². The maximum absolute atomic E-state index is 13.4. The monoisotopic (exact) mass is 399 g/mol. The quantitative estimate of drug-likeness (QED) is 0.796. The molecule has 0 spiro atoms. The number of nitrogens with zero attached hydrogens (tertiary/aromatic N) is 2. The lowest BCUT2D eigenvalue weighted by molar-refractivity contribution is -0.125. The second-order valence-electron chi connectivity index (χ2n) is 6.67. The van der Waals surface area contributed by atoms with Crippen molar-refractivity contribution in [2.45, 2.75) is 13.0 Å². The van der Waals surface area contributed by atoms with Crippen molar-refractivity contribution >= 4 is 28.9 Å². The number of likely N-dealkylation sites (N-methyl/N-ethyl adjacent to an activating group) is 1. The number of hydrogen-bond donors (Lipinski definition) is 1. The van der Waals surface area contributed by atoms with Crippen molar-refractivity contribution in [3.63, 3.8) is 0 Å². The number of nitrogens with one attached hydrogen (secondary N) is 1. The first-order valence-electron chi connectivity index (χ1n) is 8.76. The number of halogens is 1. The van der Waals surface area contributed by atoms with Gasteiger partial charge in [-0.25, -0.2) is 4.39 Å². The third-order valence-electron chi connectivity index (χ3n) is 4.66. The highest BCUT2D eigenvalue weighted by atomic mass is 32.1. The Bertz CT molecular complexity index is 924. The molecule has 1 amide bonds. The zero-order valence-corrected chi connectivity index (χ0v) is 17.0. The summed E-state index contributed by atoms with van der Waals surface area (Å²) < 4.78 is 18.6. The van der Waals surface area contributed by atoms with Gasteiger partial charge in [0.15, 0.2) is 5.11 Å². The van der Waals surface area contributed by atoms with Crippen LogP contribution in [0.2, 0.25) is 0 Å². The van der Waals surface area contributed by atoms with E-state index in [1.54, 1.807) is 33.3 Å². The van der Waals surface area contributed by atoms with Crippen LogP contribution in [-0.2, 0) is 4.79 Å². The van der Waals surface area contributed by atoms with Crippen LogP contribution in [0.5, 0.6) is 5.75 Å². The Morgan fingerprint density at radius 1 is 1.14 bits per heavy atom. The smallest absolute Gasteiger partial charge is 0.253 e. The van der Waals surface area contributed by atoms with Gasteiger partial charge in [-0.15, -0.1) is 0 Å². The molecule has 0 aliphatic carbocycles. The average molecular weight is 399 g/mol. The van der Waals surface area contributed by atoms with Gasteiger partial charge in [0.25, 0.3) is 5.91 Å². The molecular weight excluding hydrogens is 377 g/mol. The van der Waals surface area contributed by atoms with E-state index in [9.17, 15) is 9.18 Å². The van der Waals surface area contributed by atoms with Gasteiger partial charge in [-0.05, 0) is 61.1 Å². The summed E-state index contributed by atoms with van der Waals surface area (Å²) in [5, 5.41) is 3.71. The first kappa shape index (κ1) is 19.8. The molecule has 0 fully saturated rings. The zero-order valence-electron chi connectivity index (χ0n) is 16.2. The van der Waals surface area contributed by atoms with E-state index in [0.717, 1.165) is 22.7 Å². The largest absolute Gasteiger partial charge is 0.497 e. The van der Waals surface area contributed by atoms with Crippen molar-refractivity contribution in [3.8, 4) is 5.75 Å². The van der Waals surface area contributed by atoms with Gasteiger partial charge in [-0.2, -0.15) is 0 Å². The summed E-state index contributed by atoms with van der Waals surface area (Å²) in [5.41, 5.74) is 2.86. The molecule has 2 aromatic carbocycles. The molecule has 5 nitrogen and oxygen atoms in total. The number of thiocarbonyl (C=S) groups is 1. The minimum absolute atomic E-state index is 0.139. The predicted octanol–water partition coefficient (Wildman–Crippen LogP) is 3.63. The van der Waals surface area contributed by atoms with E-state index >= 15 is 0 Å². The summed E-state index contributed by atoms with van der Waals surface area (Å²) >= 11 is 5.61. The second-order valence-corrected chi connectivity index (χ2v) is 7.05. The lowest BCUT2D eigenvalue weighted by Gasteiger charge is -2.38. The minimum atomic E-state index is -0.461. The van der Waals surface area contributed by atoms with Gasteiger partial charge in [-0.1, -0.05) is 12.1 Å². The Hall–Kier alpha value is -2.93. The Labute approximate surface area is 169 Å². The van der Waals surface area contributed by atoms with Gasteiger partial charge in [0, 0.05) is 25.5 Å². The molecule has 1 aliphatic heterocycles. The van der Waals surface area contributed by atoms with Crippen molar-refractivity contribution in [3.05, 3.63) is 71.2 Å². The summed E-state index contributed by atoms with van der Waals surface area (Å²) in [4.78, 5) is 16.4. The summed E-state index contributed by atoms with van der Waals surface area (Å²) in [6.45, 7) is 1.87. The highest BCUT2D eigenvalue weighted by Gasteiger charge is 2.35. The number of ether oxygens (including phenoxy) is 1. The van der Waals surface area contributed by atoms with E-state index in [4.69, 9.17) is 17.0 Å². The van der Waals surface area contributed by atoms with Gasteiger partial charge in [0.1, 0.15) is 11.6 Å². The number of allylic oxidation sites excluding steroid dienone is 1. The fourth-order valence-corrected chi connectivity index (χ4v) is 3.57. The van der Waals surface area contributed by atoms with Crippen molar-refractivity contribution in [1.82, 2.24) is 10.2 Å². The lowest BCUT2D eigenvalue weighted by Crippen LogP contribution is -2.49. The molecule has 0 radical (unpaired) electrons. The van der Waals surface area contributed by atoms with Crippen molar-refractivity contribution in [1.29, 1.82) is 0 Å². The van der Waals surface area contributed by atoms with E-state index in [0.29, 0.717) is 10.7 Å². The van der Waals surface area contributed by atoms with Crippen LogP contribution in [0.4, 0.5) is 10.1 Å². The summed E-state index contributed by atoms with van der Waals surface area (Å²) in [7, 11) is 5.01. The van der Waals surface area contributed by atoms with E-state index in [-0.39, 0.29) is 11.7 Å². The van der Waals surface area contributed by atoms with Crippen LogP contribution in [0, 0.1) is 5.82 Å². The van der Waals surface area contributed by atoms with E-state index in [1.165, 1.54) is 17.0 Å². The van der Waals surface area contributed by atoms with E-state index < -0.39 is 6.04 Å². The van der Waals surface area contributed by atoms with Crippen LogP contribution in [0.25, 0.3) is 0 Å². The van der Waals surface area contributed by atoms with Gasteiger partial charge >= 0.3 is 0 Å². The molecule has 146 valence electrons. The molecule has 0 aromatic heterocycles. The van der Waals surface area contributed by atoms with Crippen LogP contribution in [-0.4, -0.2) is 37.1 Å². The van der Waals surface area contributed by atoms with Crippen LogP contribution >= 0.6 is 12.2 Å². The average Bonchev–Trinajstić information content (AvgIpc) is 2.68. The first-order chi connectivity index (χ1) is 13.3. The van der Waals surface area contributed by atoms with Gasteiger partial charge < -0.3 is 15.0 Å². The molecule has 0 saturated heterocycles. The van der Waals surface area contributed by atoms with Crippen LogP contribution in [0.1, 0.15) is 18.5 Å². The summed E-state index contributed by atoms with van der Waals surface area (Å²) in [6, 6.07) is 13.1. The van der Waals surface area contributed by atoms with Crippen molar-refractivity contribution in [2.24, 2.45) is 0 Å². The Balaban J connectivity index is 2.12. The van der Waals surface area contributed by atoms with Gasteiger partial charge in [0.2, 0.25) is 0 Å². The number of amides is 1. The number of hydrogen-bond acceptors (Lipinski definition) is 3. The maximum Gasteiger partial charge on any atom is 0.253 e. The summed E-state index contributed by atoms with van der Waals surface area (Å²) in [5.74, 6) is 0.263. The number of benzene rings is 2. The number of rotatable bonds is 4. The van der Waals surface area contributed by atoms with Crippen molar-refractivity contribution in [2.75, 3.05) is 26.1 Å². The normalized spacial score (nSPS) is 16.7. The second kappa shape index (κ2) is 7.98. The molecule has 1 aliphatic rings. The Kier molecular flexibility index (Phi) is 5.65. The highest BCUT2D eigenvalue weighted by Crippen LogP contribution is 2.34. The number of anilines is 1. The SMILES string of the molecule is COc1ccc(N2C(=S)NC(c3ccc(F)cc3)C(C(=O)N(C)C)=C2C)cc1. The maximum atomic E-state index is 13.4. The first-order valence-corrected chi connectivity index (χ1v) is 9.17. The molecule has 0 bridgehead atoms. The molecule has 1 atom stereocenters. The van der Waals surface area contributed by atoms with Gasteiger partial charge in [0.05, 0.1) is 18.7 Å². The third kappa shape index (κ3) is 3.71. The molecule has 28 heavy (non-hydrogen) atoms. The number of methoxy groups -OCH3 is 1. The molecule has 3 rings (SSSR count). The minimum Gasteiger partial charge on any atom is -0.497 e. The fraction of sp³-hybridized carbons (Fsp3) is 0.238. The zero-order chi connectivity index (χ0) is 20.4. The number of carbonyl (C=O) groups excluding carboxylic acids is 1. The van der Waals surface area contributed by atoms with Crippen LogP contribution in [0.15, 0.2) is 59.8 Å². The third-order valence-corrected chi connectivity index (χ3v) is 4.96. The molecule has 1 N–H and O–H groups in total. The predicted molar refractivity (Wildman–Crippen MR) is 112 cm³/mol. The molecule has 7 heteroatoms. The highest BCUT2D eigenvalue weighted by molar-refractivity contribution is 7.80. The van der Waals surface area contributed by atoms with Crippen LogP contribution < -0.4 is 15.0 Å². The standard InChI is InChI=1S/C21H22FN3O2S/c1-13-18(20(26)24(2)3)19(14-5-7-15(22)8-6-14)23-21(28)25(13)16-9-11-17(27-4)12-10-16/h5-12,19H,1-4H3,(H,23,28). The molecule has 0 saturated carbocycles.